The highest BCUT2D eigenvalue weighted by molar-refractivity contribution is 5.31. The van der Waals surface area contributed by atoms with Gasteiger partial charge in [-0.15, -0.1) is 0 Å². The molecule has 0 radical (unpaired) electrons. The fourth-order valence-electron chi connectivity index (χ4n) is 3.05. The molecule has 0 atom stereocenters. The first-order chi connectivity index (χ1) is 12.6. The van der Waals surface area contributed by atoms with Crippen LogP contribution in [0.15, 0.2) is 48.5 Å². The molecule has 2 aromatic carbocycles. The molecule has 0 aromatic heterocycles. The second kappa shape index (κ2) is 7.65. The monoisotopic (exact) mass is 382 g/mol. The van der Waals surface area contributed by atoms with Crippen LogP contribution in [0.25, 0.3) is 0 Å². The van der Waals surface area contributed by atoms with Gasteiger partial charge in [-0.25, -0.2) is 9.78 Å². The lowest BCUT2D eigenvalue weighted by Gasteiger charge is -2.32. The molecule has 0 spiro atoms. The molecule has 0 aliphatic heterocycles. The van der Waals surface area contributed by atoms with Crippen molar-refractivity contribution < 1.29 is 9.78 Å². The first kappa shape index (κ1) is 22.6. The third-order valence-electron chi connectivity index (χ3n) is 5.35. The van der Waals surface area contributed by atoms with Crippen molar-refractivity contribution in [3.63, 3.8) is 0 Å². The molecule has 0 N–H and O–H groups in total. The van der Waals surface area contributed by atoms with E-state index in [0.717, 1.165) is 11.1 Å². The molecule has 0 aliphatic carbocycles. The highest BCUT2D eigenvalue weighted by Crippen LogP contribution is 2.33. The second-order valence-electron chi connectivity index (χ2n) is 10.8. The van der Waals surface area contributed by atoms with Crippen molar-refractivity contribution in [2.24, 2.45) is 0 Å². The van der Waals surface area contributed by atoms with Crippen molar-refractivity contribution >= 4 is 0 Å². The minimum Gasteiger partial charge on any atom is -0.225 e. The summed E-state index contributed by atoms with van der Waals surface area (Å²) in [5.41, 5.74) is 4.01. The first-order valence-corrected chi connectivity index (χ1v) is 10.2. The molecule has 0 heterocycles. The van der Waals surface area contributed by atoms with E-state index in [4.69, 9.17) is 9.78 Å². The molecular weight excluding hydrogens is 344 g/mol. The molecule has 2 nitrogen and oxygen atoms in total. The molecule has 0 amide bonds. The smallest absolute Gasteiger partial charge is 0.123 e. The van der Waals surface area contributed by atoms with Gasteiger partial charge in [0.05, 0.1) is 0 Å². The summed E-state index contributed by atoms with van der Waals surface area (Å²) in [6.45, 7) is 21.5. The Morgan fingerprint density at radius 2 is 0.607 bits per heavy atom. The van der Waals surface area contributed by atoms with Crippen LogP contribution in [0.5, 0.6) is 0 Å². The van der Waals surface area contributed by atoms with E-state index >= 15 is 0 Å². The van der Waals surface area contributed by atoms with Crippen LogP contribution >= 0.6 is 0 Å². The van der Waals surface area contributed by atoms with E-state index in [2.05, 4.69) is 90.1 Å². The topological polar surface area (TPSA) is 18.5 Å². The SMILES string of the molecule is CC(C)(C)c1ccc(C(C)(C)OOC(C)(C)c2ccc(C(C)(C)C)cc2)cc1. The van der Waals surface area contributed by atoms with Crippen LogP contribution in [0.2, 0.25) is 0 Å². The summed E-state index contributed by atoms with van der Waals surface area (Å²) in [4.78, 5) is 11.9. The lowest BCUT2D eigenvalue weighted by Crippen LogP contribution is -2.29. The van der Waals surface area contributed by atoms with Gasteiger partial charge in [0.15, 0.2) is 0 Å². The second-order valence-corrected chi connectivity index (χ2v) is 10.8. The van der Waals surface area contributed by atoms with Gasteiger partial charge in [0.1, 0.15) is 11.2 Å². The van der Waals surface area contributed by atoms with Gasteiger partial charge >= 0.3 is 0 Å². The average Bonchev–Trinajstić information content (AvgIpc) is 2.59. The molecule has 0 fully saturated rings. The Labute approximate surface area is 172 Å². The molecule has 0 saturated heterocycles. The number of rotatable bonds is 5. The van der Waals surface area contributed by atoms with E-state index in [1.165, 1.54) is 11.1 Å². The van der Waals surface area contributed by atoms with E-state index in [-0.39, 0.29) is 10.8 Å². The summed E-state index contributed by atoms with van der Waals surface area (Å²) in [6, 6.07) is 17.2. The Balaban J connectivity index is 2.12. The fourth-order valence-corrected chi connectivity index (χ4v) is 3.05. The summed E-state index contributed by atoms with van der Waals surface area (Å²) >= 11 is 0. The summed E-state index contributed by atoms with van der Waals surface area (Å²) in [5, 5.41) is 0. The van der Waals surface area contributed by atoms with Gasteiger partial charge in [0, 0.05) is 0 Å². The molecule has 2 aromatic rings. The summed E-state index contributed by atoms with van der Waals surface area (Å²) in [7, 11) is 0. The highest BCUT2D eigenvalue weighted by atomic mass is 17.2. The van der Waals surface area contributed by atoms with Gasteiger partial charge in [-0.05, 0) is 60.8 Å². The van der Waals surface area contributed by atoms with Crippen LogP contribution in [0.1, 0.15) is 91.5 Å². The minimum absolute atomic E-state index is 0.140. The Bertz CT molecular complexity index is 698. The Morgan fingerprint density at radius 1 is 0.393 bits per heavy atom. The third-order valence-corrected chi connectivity index (χ3v) is 5.35. The van der Waals surface area contributed by atoms with Gasteiger partial charge in [-0.3, -0.25) is 0 Å². The molecule has 28 heavy (non-hydrogen) atoms. The van der Waals surface area contributed by atoms with Crippen molar-refractivity contribution in [2.75, 3.05) is 0 Å². The van der Waals surface area contributed by atoms with E-state index in [9.17, 15) is 0 Å². The van der Waals surface area contributed by atoms with Crippen molar-refractivity contribution in [1.29, 1.82) is 0 Å². The maximum absolute atomic E-state index is 5.96. The lowest BCUT2D eigenvalue weighted by atomic mass is 9.85. The predicted molar refractivity (Wildman–Crippen MR) is 119 cm³/mol. The van der Waals surface area contributed by atoms with E-state index in [1.54, 1.807) is 0 Å². The predicted octanol–water partition coefficient (Wildman–Crippen LogP) is 7.40. The molecule has 0 unspecified atom stereocenters. The van der Waals surface area contributed by atoms with Crippen molar-refractivity contribution in [3.8, 4) is 0 Å². The average molecular weight is 383 g/mol. The first-order valence-electron chi connectivity index (χ1n) is 10.2. The maximum atomic E-state index is 5.96. The molecule has 154 valence electrons. The van der Waals surface area contributed by atoms with E-state index in [1.807, 2.05) is 27.7 Å². The maximum Gasteiger partial charge on any atom is 0.123 e. The van der Waals surface area contributed by atoms with Crippen LogP contribution < -0.4 is 0 Å². The van der Waals surface area contributed by atoms with Gasteiger partial charge < -0.3 is 0 Å². The lowest BCUT2D eigenvalue weighted by molar-refractivity contribution is -0.410. The summed E-state index contributed by atoms with van der Waals surface area (Å²) in [5.74, 6) is 0. The third kappa shape index (κ3) is 5.46. The quantitative estimate of drug-likeness (QED) is 0.396. The van der Waals surface area contributed by atoms with Gasteiger partial charge in [0.25, 0.3) is 0 Å². The van der Waals surface area contributed by atoms with Crippen molar-refractivity contribution in [1.82, 2.24) is 0 Å². The Morgan fingerprint density at radius 3 is 0.821 bits per heavy atom. The standard InChI is InChI=1S/C26H38O2/c1-23(2,3)19-11-15-21(16-12-19)25(7,8)27-28-26(9,10)22-17-13-20(14-18-22)24(4,5)6/h11-18H,1-10H3. The molecule has 2 rings (SSSR count). The van der Waals surface area contributed by atoms with Crippen molar-refractivity contribution in [2.45, 2.75) is 91.3 Å². The van der Waals surface area contributed by atoms with Crippen LogP contribution in [-0.4, -0.2) is 0 Å². The van der Waals surface area contributed by atoms with Gasteiger partial charge in [0.2, 0.25) is 0 Å². The normalized spacial score (nSPS) is 13.6. The molecule has 0 saturated carbocycles. The van der Waals surface area contributed by atoms with Crippen LogP contribution in [-0.2, 0) is 31.8 Å². The van der Waals surface area contributed by atoms with Crippen molar-refractivity contribution in [3.05, 3.63) is 70.8 Å². The number of benzene rings is 2. The molecule has 2 heteroatoms. The highest BCUT2D eigenvalue weighted by Gasteiger charge is 2.30. The minimum atomic E-state index is -0.543. The molecule has 0 aliphatic rings. The molecule has 0 bridgehead atoms. The van der Waals surface area contributed by atoms with Crippen LogP contribution in [0.3, 0.4) is 0 Å². The van der Waals surface area contributed by atoms with Gasteiger partial charge in [-0.2, -0.15) is 0 Å². The Hall–Kier alpha value is -1.64. The number of hydrogen-bond acceptors (Lipinski definition) is 2. The van der Waals surface area contributed by atoms with Gasteiger partial charge in [-0.1, -0.05) is 90.1 Å². The zero-order valence-electron chi connectivity index (χ0n) is 19.4. The zero-order valence-corrected chi connectivity index (χ0v) is 19.4. The molecular formula is C26H38O2. The van der Waals surface area contributed by atoms with E-state index < -0.39 is 11.2 Å². The Kier molecular flexibility index (Phi) is 6.19. The van der Waals surface area contributed by atoms with Crippen LogP contribution in [0, 0.1) is 0 Å². The van der Waals surface area contributed by atoms with Crippen LogP contribution in [0.4, 0.5) is 0 Å². The summed E-state index contributed by atoms with van der Waals surface area (Å²) in [6.07, 6.45) is 0. The summed E-state index contributed by atoms with van der Waals surface area (Å²) < 4.78 is 0. The fraction of sp³-hybridized carbons (Fsp3) is 0.538. The largest absolute Gasteiger partial charge is 0.225 e. The number of hydrogen-bond donors (Lipinski definition) is 0. The van der Waals surface area contributed by atoms with E-state index in [0.29, 0.717) is 0 Å². The zero-order chi connectivity index (χ0) is 21.4.